The summed E-state index contributed by atoms with van der Waals surface area (Å²) in [4.78, 5) is 17.0. The highest BCUT2D eigenvalue weighted by atomic mass is 32.2. The molecule has 0 bridgehead atoms. The molecule has 1 heterocycles. The molecule has 0 fully saturated rings. The number of hydrogen-bond acceptors (Lipinski definition) is 5. The van der Waals surface area contributed by atoms with Crippen LogP contribution in [0.15, 0.2) is 53.5 Å². The van der Waals surface area contributed by atoms with Gasteiger partial charge < -0.3 is 15.8 Å². The molecule has 2 aromatic carbocycles. The van der Waals surface area contributed by atoms with Crippen molar-refractivity contribution in [3.05, 3.63) is 65.2 Å². The second kappa shape index (κ2) is 7.83. The average molecular weight is 369 g/mol. The summed E-state index contributed by atoms with van der Waals surface area (Å²) in [6.45, 7) is 2.57. The monoisotopic (exact) mass is 369 g/mol. The van der Waals surface area contributed by atoms with Crippen molar-refractivity contribution in [1.29, 1.82) is 0 Å². The zero-order chi connectivity index (χ0) is 18.6. The topological polar surface area (TPSA) is 76.7 Å². The third-order valence-electron chi connectivity index (χ3n) is 4.55. The number of methoxy groups -OCH3 is 1. The fourth-order valence-corrected chi connectivity index (χ4v) is 3.91. The van der Waals surface area contributed by atoms with Gasteiger partial charge in [0.1, 0.15) is 5.75 Å². The first kappa shape index (κ1) is 18.3. The first-order chi connectivity index (χ1) is 12.5. The molecule has 26 heavy (non-hydrogen) atoms. The fraction of sp³-hybridized carbons (Fsp3) is 0.300. The molecule has 0 saturated carbocycles. The lowest BCUT2D eigenvalue weighted by molar-refractivity contribution is 0.0951. The van der Waals surface area contributed by atoms with E-state index in [0.29, 0.717) is 17.3 Å². The fourth-order valence-electron chi connectivity index (χ4n) is 2.94. The van der Waals surface area contributed by atoms with Gasteiger partial charge in [-0.3, -0.25) is 9.79 Å². The van der Waals surface area contributed by atoms with Crippen molar-refractivity contribution in [2.45, 2.75) is 25.4 Å². The number of thioether (sulfide) groups is 1. The molecule has 3 rings (SSSR count). The number of nitrogens with zero attached hydrogens (tertiary/aromatic N) is 1. The number of nitrogens with one attached hydrogen (secondary N) is 1. The van der Waals surface area contributed by atoms with Crippen LogP contribution in [0.1, 0.15) is 34.8 Å². The molecule has 0 aromatic heterocycles. The maximum Gasteiger partial charge on any atom is 0.251 e. The minimum Gasteiger partial charge on any atom is -0.497 e. The molecule has 0 radical (unpaired) electrons. The Morgan fingerprint density at radius 3 is 2.77 bits per heavy atom. The summed E-state index contributed by atoms with van der Waals surface area (Å²) in [5.41, 5.74) is 8.38. The van der Waals surface area contributed by atoms with Crippen LogP contribution in [-0.4, -0.2) is 23.9 Å². The lowest BCUT2D eigenvalue weighted by Gasteiger charge is -2.30. The third-order valence-corrected chi connectivity index (χ3v) is 5.35. The maximum absolute atomic E-state index is 12.3. The Balaban J connectivity index is 1.69. The molecule has 0 aliphatic carbocycles. The van der Waals surface area contributed by atoms with Gasteiger partial charge in [-0.2, -0.15) is 0 Å². The predicted octanol–water partition coefficient (Wildman–Crippen LogP) is 3.29. The van der Waals surface area contributed by atoms with Crippen molar-refractivity contribution in [1.82, 2.24) is 5.32 Å². The lowest BCUT2D eigenvalue weighted by Crippen LogP contribution is -2.29. The number of rotatable bonds is 5. The Labute approximate surface area is 158 Å². The number of nitrogens with two attached hydrogens (primary N) is 1. The number of amides is 1. The Bertz CT molecular complexity index is 820. The largest absolute Gasteiger partial charge is 0.497 e. The van der Waals surface area contributed by atoms with Crippen LogP contribution in [0.3, 0.4) is 0 Å². The summed E-state index contributed by atoms with van der Waals surface area (Å²) < 4.78 is 5.11. The van der Waals surface area contributed by atoms with Crippen LogP contribution in [0.25, 0.3) is 0 Å². The summed E-state index contributed by atoms with van der Waals surface area (Å²) in [7, 11) is 1.60. The molecule has 136 valence electrons. The van der Waals surface area contributed by atoms with E-state index in [0.717, 1.165) is 29.1 Å². The SMILES string of the molecule is COc1ccc(C(=O)NCc2cccc(C3(C)CCSC(N)=N3)c2)cc1. The van der Waals surface area contributed by atoms with Crippen molar-refractivity contribution < 1.29 is 9.53 Å². The van der Waals surface area contributed by atoms with Crippen LogP contribution in [-0.2, 0) is 12.1 Å². The van der Waals surface area contributed by atoms with E-state index >= 15 is 0 Å². The summed E-state index contributed by atoms with van der Waals surface area (Å²) in [5, 5.41) is 3.60. The molecule has 1 aliphatic heterocycles. The van der Waals surface area contributed by atoms with E-state index < -0.39 is 0 Å². The third kappa shape index (κ3) is 4.19. The highest BCUT2D eigenvalue weighted by Gasteiger charge is 2.29. The summed E-state index contributed by atoms with van der Waals surface area (Å²) in [5.74, 6) is 1.58. The van der Waals surface area contributed by atoms with Crippen LogP contribution in [0.2, 0.25) is 0 Å². The number of amidine groups is 1. The van der Waals surface area contributed by atoms with E-state index in [1.54, 1.807) is 43.1 Å². The summed E-state index contributed by atoms with van der Waals surface area (Å²) >= 11 is 1.60. The average Bonchev–Trinajstić information content (AvgIpc) is 2.66. The van der Waals surface area contributed by atoms with E-state index in [1.165, 1.54) is 0 Å². The second-order valence-corrected chi connectivity index (χ2v) is 7.55. The van der Waals surface area contributed by atoms with Crippen molar-refractivity contribution in [3.63, 3.8) is 0 Å². The van der Waals surface area contributed by atoms with Gasteiger partial charge in [0.25, 0.3) is 5.91 Å². The van der Waals surface area contributed by atoms with Gasteiger partial charge >= 0.3 is 0 Å². The van der Waals surface area contributed by atoms with Crippen LogP contribution in [0.5, 0.6) is 5.75 Å². The van der Waals surface area contributed by atoms with Crippen molar-refractivity contribution in [2.24, 2.45) is 10.7 Å². The van der Waals surface area contributed by atoms with E-state index in [4.69, 9.17) is 10.5 Å². The van der Waals surface area contributed by atoms with Crippen molar-refractivity contribution in [2.75, 3.05) is 12.9 Å². The molecule has 1 amide bonds. The molecule has 1 unspecified atom stereocenters. The number of carbonyl (C=O) groups excluding carboxylic acids is 1. The molecule has 1 atom stereocenters. The Morgan fingerprint density at radius 1 is 1.31 bits per heavy atom. The minimum absolute atomic E-state index is 0.111. The van der Waals surface area contributed by atoms with Crippen molar-refractivity contribution >= 4 is 22.8 Å². The smallest absolute Gasteiger partial charge is 0.251 e. The second-order valence-electron chi connectivity index (χ2n) is 6.43. The Morgan fingerprint density at radius 2 is 2.08 bits per heavy atom. The van der Waals surface area contributed by atoms with Gasteiger partial charge in [-0.1, -0.05) is 36.0 Å². The molecule has 6 heteroatoms. The quantitative estimate of drug-likeness (QED) is 0.848. The van der Waals surface area contributed by atoms with Crippen LogP contribution >= 0.6 is 11.8 Å². The number of aliphatic imine (C=N–C) groups is 1. The molecular weight excluding hydrogens is 346 g/mol. The Kier molecular flexibility index (Phi) is 5.52. The van der Waals surface area contributed by atoms with E-state index in [-0.39, 0.29) is 11.4 Å². The molecule has 0 saturated heterocycles. The van der Waals surface area contributed by atoms with Crippen molar-refractivity contribution in [3.8, 4) is 5.75 Å². The molecule has 1 aliphatic rings. The van der Waals surface area contributed by atoms with Gasteiger partial charge in [-0.05, 0) is 48.7 Å². The molecule has 2 aromatic rings. The summed E-state index contributed by atoms with van der Waals surface area (Å²) in [6, 6.07) is 15.2. The van der Waals surface area contributed by atoms with Gasteiger partial charge in [0.05, 0.1) is 12.6 Å². The predicted molar refractivity (Wildman–Crippen MR) is 107 cm³/mol. The van der Waals surface area contributed by atoms with Gasteiger partial charge in [-0.25, -0.2) is 0 Å². The van der Waals surface area contributed by atoms with Gasteiger partial charge in [0.15, 0.2) is 5.17 Å². The molecule has 3 N–H and O–H groups in total. The van der Waals surface area contributed by atoms with E-state index in [2.05, 4.69) is 29.4 Å². The zero-order valence-corrected chi connectivity index (χ0v) is 15.8. The maximum atomic E-state index is 12.3. The number of hydrogen-bond donors (Lipinski definition) is 2. The van der Waals surface area contributed by atoms with Crippen LogP contribution < -0.4 is 15.8 Å². The number of carbonyl (C=O) groups is 1. The minimum atomic E-state index is -0.300. The zero-order valence-electron chi connectivity index (χ0n) is 15.0. The summed E-state index contributed by atoms with van der Waals surface area (Å²) in [6.07, 6.45) is 0.944. The molecule has 5 nitrogen and oxygen atoms in total. The number of benzene rings is 2. The highest BCUT2D eigenvalue weighted by Crippen LogP contribution is 2.35. The first-order valence-electron chi connectivity index (χ1n) is 8.50. The van der Waals surface area contributed by atoms with Crippen LogP contribution in [0.4, 0.5) is 0 Å². The van der Waals surface area contributed by atoms with E-state index in [9.17, 15) is 4.79 Å². The Hall–Kier alpha value is -2.47. The standard InChI is InChI=1S/C20H23N3O2S/c1-20(10-11-26-19(21)23-20)16-5-3-4-14(12-16)13-22-18(24)15-6-8-17(25-2)9-7-15/h3-9,12H,10-11,13H2,1-2H3,(H2,21,23)(H,22,24). The molecular formula is C20H23N3O2S. The molecule has 0 spiro atoms. The normalized spacial score (nSPS) is 19.5. The van der Waals surface area contributed by atoms with Gasteiger partial charge in [-0.15, -0.1) is 0 Å². The van der Waals surface area contributed by atoms with Gasteiger partial charge in [0.2, 0.25) is 0 Å². The van der Waals surface area contributed by atoms with Gasteiger partial charge in [0, 0.05) is 17.9 Å². The first-order valence-corrected chi connectivity index (χ1v) is 9.48. The highest BCUT2D eigenvalue weighted by molar-refractivity contribution is 8.13. The number of ether oxygens (including phenoxy) is 1. The lowest BCUT2D eigenvalue weighted by atomic mass is 9.89. The van der Waals surface area contributed by atoms with Crippen LogP contribution in [0, 0.1) is 0 Å². The van der Waals surface area contributed by atoms with E-state index in [1.807, 2.05) is 12.1 Å².